The predicted octanol–water partition coefficient (Wildman–Crippen LogP) is 8.59. The van der Waals surface area contributed by atoms with Crippen molar-refractivity contribution in [3.63, 3.8) is 0 Å². The number of carbonyl (C=O) groups excluding carboxylic acids is 2. The molecule has 0 amide bonds. The van der Waals surface area contributed by atoms with Crippen LogP contribution in [0.1, 0.15) is 102 Å². The molecule has 6 nitrogen and oxygen atoms in total. The third-order valence-electron chi connectivity index (χ3n) is 9.37. The van der Waals surface area contributed by atoms with Crippen LogP contribution < -0.4 is 10.6 Å². The van der Waals surface area contributed by atoms with Gasteiger partial charge in [-0.05, 0) is 112 Å². The first-order valence-electron chi connectivity index (χ1n) is 16.5. The molecule has 2 fully saturated rings. The quantitative estimate of drug-likeness (QED) is 0.218. The Bertz CT molecular complexity index is 1790. The standard InChI is InChI=1S/C40H48N2O4/c1-37(2)21-29(22-38(3,4)41-37)45-35(43)32-15-11-14-27-18-28(16-17-31(27)32)33-19-25-12-9-10-13-26(25)20-34(33)36(44)46-30-23-39(5,6)42-40(7,8)24-30/h9-20,29-30,41-42H,21-24H2,1-8H3. The smallest absolute Gasteiger partial charge is 0.339 e. The van der Waals surface area contributed by atoms with E-state index in [1.807, 2.05) is 54.6 Å². The number of benzene rings is 4. The van der Waals surface area contributed by atoms with Gasteiger partial charge in [0, 0.05) is 47.8 Å². The Morgan fingerprint density at radius 1 is 0.565 bits per heavy atom. The van der Waals surface area contributed by atoms with E-state index >= 15 is 0 Å². The normalized spacial score (nSPS) is 20.8. The van der Waals surface area contributed by atoms with E-state index in [1.54, 1.807) is 0 Å². The summed E-state index contributed by atoms with van der Waals surface area (Å²) in [5.74, 6) is -0.621. The maximum absolute atomic E-state index is 14.0. The zero-order valence-electron chi connectivity index (χ0n) is 28.5. The summed E-state index contributed by atoms with van der Waals surface area (Å²) in [5.41, 5.74) is 2.26. The van der Waals surface area contributed by atoms with Crippen molar-refractivity contribution in [1.82, 2.24) is 10.6 Å². The van der Waals surface area contributed by atoms with Crippen LogP contribution in [0.4, 0.5) is 0 Å². The fraction of sp³-hybridized carbons (Fsp3) is 0.450. The van der Waals surface area contributed by atoms with Gasteiger partial charge in [0.25, 0.3) is 0 Å². The molecule has 2 aliphatic heterocycles. The number of esters is 2. The number of fused-ring (bicyclic) bond motifs is 2. The van der Waals surface area contributed by atoms with Gasteiger partial charge in [-0.3, -0.25) is 0 Å². The summed E-state index contributed by atoms with van der Waals surface area (Å²) in [6, 6.07) is 23.9. The Labute approximate surface area is 273 Å². The molecule has 6 heteroatoms. The molecule has 2 heterocycles. The van der Waals surface area contributed by atoms with Gasteiger partial charge in [-0.25, -0.2) is 9.59 Å². The minimum absolute atomic E-state index is 0.126. The summed E-state index contributed by atoms with van der Waals surface area (Å²) < 4.78 is 12.4. The number of piperidine rings is 2. The van der Waals surface area contributed by atoms with Crippen LogP contribution in [-0.2, 0) is 9.47 Å². The molecule has 242 valence electrons. The third kappa shape index (κ3) is 6.98. The SMILES string of the molecule is CC1(C)CC(OC(=O)c2cc3ccccc3cc2-c2ccc3c(C(=O)OC4CC(C)(C)NC(C)(C)C4)cccc3c2)CC(C)(C)N1. The molecule has 0 saturated carbocycles. The van der Waals surface area contributed by atoms with E-state index in [4.69, 9.17) is 9.47 Å². The van der Waals surface area contributed by atoms with E-state index in [2.05, 4.69) is 84.2 Å². The minimum Gasteiger partial charge on any atom is -0.459 e. The average Bonchev–Trinajstić information content (AvgIpc) is 2.92. The average molecular weight is 621 g/mol. The molecule has 2 aliphatic rings. The Morgan fingerprint density at radius 2 is 1.04 bits per heavy atom. The molecule has 4 aromatic rings. The molecule has 0 bridgehead atoms. The highest BCUT2D eigenvalue weighted by Crippen LogP contribution is 2.36. The van der Waals surface area contributed by atoms with Gasteiger partial charge in [0.05, 0.1) is 11.1 Å². The predicted molar refractivity (Wildman–Crippen MR) is 186 cm³/mol. The Kier molecular flexibility index (Phi) is 8.05. The van der Waals surface area contributed by atoms with Crippen molar-refractivity contribution in [3.8, 4) is 11.1 Å². The molecule has 46 heavy (non-hydrogen) atoms. The van der Waals surface area contributed by atoms with Gasteiger partial charge in [0.1, 0.15) is 12.2 Å². The topological polar surface area (TPSA) is 76.7 Å². The zero-order valence-corrected chi connectivity index (χ0v) is 28.5. The van der Waals surface area contributed by atoms with Crippen LogP contribution >= 0.6 is 0 Å². The number of nitrogens with one attached hydrogen (secondary N) is 2. The lowest BCUT2D eigenvalue weighted by Crippen LogP contribution is -2.59. The Balaban J connectivity index is 1.33. The van der Waals surface area contributed by atoms with Crippen LogP contribution in [0.15, 0.2) is 72.8 Å². The zero-order chi connectivity index (χ0) is 33.1. The number of hydrogen-bond donors (Lipinski definition) is 2. The number of rotatable bonds is 5. The van der Waals surface area contributed by atoms with E-state index in [0.29, 0.717) is 11.1 Å². The highest BCUT2D eigenvalue weighted by molar-refractivity contribution is 6.07. The molecular weight excluding hydrogens is 572 g/mol. The first-order chi connectivity index (χ1) is 21.5. The van der Waals surface area contributed by atoms with Crippen molar-refractivity contribution < 1.29 is 19.1 Å². The van der Waals surface area contributed by atoms with Crippen molar-refractivity contribution >= 4 is 33.5 Å². The van der Waals surface area contributed by atoms with Crippen LogP contribution in [0.5, 0.6) is 0 Å². The number of hydrogen-bond acceptors (Lipinski definition) is 6. The lowest BCUT2D eigenvalue weighted by atomic mass is 9.81. The molecule has 0 aromatic heterocycles. The van der Waals surface area contributed by atoms with E-state index in [9.17, 15) is 9.59 Å². The minimum atomic E-state index is -0.315. The van der Waals surface area contributed by atoms with Crippen LogP contribution in [0.3, 0.4) is 0 Å². The summed E-state index contributed by atoms with van der Waals surface area (Å²) in [6.07, 6.45) is 2.63. The van der Waals surface area contributed by atoms with Crippen LogP contribution in [0, 0.1) is 0 Å². The van der Waals surface area contributed by atoms with Gasteiger partial charge < -0.3 is 20.1 Å². The fourth-order valence-electron chi connectivity index (χ4n) is 8.33. The third-order valence-corrected chi connectivity index (χ3v) is 9.37. The summed E-state index contributed by atoms with van der Waals surface area (Å²) in [5, 5.41) is 11.1. The fourth-order valence-corrected chi connectivity index (χ4v) is 8.33. The lowest BCUT2D eigenvalue weighted by molar-refractivity contribution is -0.00752. The summed E-state index contributed by atoms with van der Waals surface area (Å²) in [6.45, 7) is 17.2. The lowest BCUT2D eigenvalue weighted by Gasteiger charge is -2.45. The van der Waals surface area contributed by atoms with Crippen molar-refractivity contribution in [3.05, 3.63) is 83.9 Å². The molecular formula is C40H48N2O4. The first-order valence-corrected chi connectivity index (χ1v) is 16.5. The molecule has 0 spiro atoms. The Morgan fingerprint density at radius 3 is 1.59 bits per heavy atom. The molecule has 0 aliphatic carbocycles. The van der Waals surface area contributed by atoms with E-state index < -0.39 is 0 Å². The molecule has 4 aromatic carbocycles. The van der Waals surface area contributed by atoms with Crippen molar-refractivity contribution in [1.29, 1.82) is 0 Å². The van der Waals surface area contributed by atoms with Crippen LogP contribution in [0.25, 0.3) is 32.7 Å². The maximum Gasteiger partial charge on any atom is 0.339 e. The second-order valence-corrected chi connectivity index (χ2v) is 16.1. The second kappa shape index (κ2) is 11.5. The molecule has 0 atom stereocenters. The van der Waals surface area contributed by atoms with Gasteiger partial charge in [-0.1, -0.05) is 48.5 Å². The van der Waals surface area contributed by atoms with Gasteiger partial charge >= 0.3 is 11.9 Å². The largest absolute Gasteiger partial charge is 0.459 e. The Hall–Kier alpha value is -3.74. The molecule has 0 unspecified atom stereocenters. The molecule has 2 saturated heterocycles. The van der Waals surface area contributed by atoms with Crippen molar-refractivity contribution in [2.75, 3.05) is 0 Å². The van der Waals surface area contributed by atoms with Crippen LogP contribution in [-0.4, -0.2) is 46.3 Å². The highest BCUT2D eigenvalue weighted by atomic mass is 16.5. The van der Waals surface area contributed by atoms with E-state index in [1.165, 1.54) is 0 Å². The van der Waals surface area contributed by atoms with Gasteiger partial charge in [0.15, 0.2) is 0 Å². The van der Waals surface area contributed by atoms with Crippen LogP contribution in [0.2, 0.25) is 0 Å². The number of ether oxygens (including phenoxy) is 2. The monoisotopic (exact) mass is 620 g/mol. The summed E-state index contributed by atoms with van der Waals surface area (Å²) in [4.78, 5) is 27.5. The second-order valence-electron chi connectivity index (χ2n) is 16.1. The highest BCUT2D eigenvalue weighted by Gasteiger charge is 2.41. The molecule has 6 rings (SSSR count). The summed E-state index contributed by atoms with van der Waals surface area (Å²) >= 11 is 0. The van der Waals surface area contributed by atoms with Gasteiger partial charge in [-0.2, -0.15) is 0 Å². The van der Waals surface area contributed by atoms with Gasteiger partial charge in [-0.15, -0.1) is 0 Å². The van der Waals surface area contributed by atoms with Crippen molar-refractivity contribution in [2.24, 2.45) is 0 Å². The number of carbonyl (C=O) groups is 2. The maximum atomic E-state index is 14.0. The molecule has 0 radical (unpaired) electrons. The molecule has 2 N–H and O–H groups in total. The summed E-state index contributed by atoms with van der Waals surface area (Å²) in [7, 11) is 0. The van der Waals surface area contributed by atoms with Crippen molar-refractivity contribution in [2.45, 2.75) is 115 Å². The van der Waals surface area contributed by atoms with Gasteiger partial charge in [0.2, 0.25) is 0 Å². The van der Waals surface area contributed by atoms with E-state index in [0.717, 1.165) is 58.4 Å². The first kappa shape index (κ1) is 32.2. The van der Waals surface area contributed by atoms with E-state index in [-0.39, 0.29) is 46.3 Å².